The summed E-state index contributed by atoms with van der Waals surface area (Å²) in [6.45, 7) is 9.55. The first-order valence-electron chi connectivity index (χ1n) is 17.4. The summed E-state index contributed by atoms with van der Waals surface area (Å²) >= 11 is 0. The summed E-state index contributed by atoms with van der Waals surface area (Å²) < 4.78 is 0. The molecule has 0 unspecified atom stereocenters. The van der Waals surface area contributed by atoms with Crippen molar-refractivity contribution in [2.24, 2.45) is 0 Å². The van der Waals surface area contributed by atoms with Crippen molar-refractivity contribution in [1.82, 2.24) is 0 Å². The van der Waals surface area contributed by atoms with Gasteiger partial charge in [-0.3, -0.25) is 0 Å². The summed E-state index contributed by atoms with van der Waals surface area (Å²) in [6, 6.07) is 60.4. The molecule has 0 aromatic heterocycles. The molecule has 1 heteroatoms. The van der Waals surface area contributed by atoms with Gasteiger partial charge in [0.1, 0.15) is 0 Å². The zero-order valence-corrected chi connectivity index (χ0v) is 28.5. The maximum absolute atomic E-state index is 2.49. The lowest BCUT2D eigenvalue weighted by molar-refractivity contribution is 0.631. The van der Waals surface area contributed by atoms with E-state index in [0.29, 0.717) is 0 Å². The first kappa shape index (κ1) is 29.5. The lowest BCUT2D eigenvalue weighted by atomic mass is 9.73. The Hall–Kier alpha value is -5.66. The molecule has 0 saturated heterocycles. The maximum atomic E-state index is 2.49. The zero-order chi connectivity index (χ0) is 33.3. The molecule has 236 valence electrons. The molecule has 0 N–H and O–H groups in total. The zero-order valence-electron chi connectivity index (χ0n) is 28.5. The number of para-hydroxylation sites is 2. The molecule has 0 amide bonds. The van der Waals surface area contributed by atoms with Gasteiger partial charge in [-0.2, -0.15) is 0 Å². The lowest BCUT2D eigenvalue weighted by Gasteiger charge is -2.42. The van der Waals surface area contributed by atoms with Crippen LogP contribution in [0, 0.1) is 0 Å². The van der Waals surface area contributed by atoms with Crippen molar-refractivity contribution >= 4 is 17.1 Å². The van der Waals surface area contributed by atoms with Gasteiger partial charge in [-0.05, 0) is 97.1 Å². The van der Waals surface area contributed by atoms with Crippen LogP contribution in [0.3, 0.4) is 0 Å². The number of anilines is 3. The molecule has 49 heavy (non-hydrogen) atoms. The fourth-order valence-electron chi connectivity index (χ4n) is 8.69. The monoisotopic (exact) mass is 629 g/mol. The Balaban J connectivity index is 1.35. The highest BCUT2D eigenvalue weighted by Gasteiger charge is 2.42. The normalized spacial score (nSPS) is 14.8. The standard InChI is InChI=1S/C48H39N/c1-47(2)39-24-14-16-26-42(39)49(43-27-17-15-25-40(43)47)35-28-29-36-41(30-35)48(3,4)46-38(33-20-10-6-11-21-33)31-37(32-18-8-5-9-19-32)44(45(36)46)34-22-12-7-13-23-34/h5-31H,1-4H3. The Labute approximate surface area is 290 Å². The molecule has 0 atom stereocenters. The third-order valence-corrected chi connectivity index (χ3v) is 11.0. The second-order valence-electron chi connectivity index (χ2n) is 14.5. The van der Waals surface area contributed by atoms with E-state index in [9.17, 15) is 0 Å². The van der Waals surface area contributed by atoms with Gasteiger partial charge in [0.15, 0.2) is 0 Å². The topological polar surface area (TPSA) is 3.24 Å². The van der Waals surface area contributed by atoms with Gasteiger partial charge in [-0.25, -0.2) is 0 Å². The maximum Gasteiger partial charge on any atom is 0.0502 e. The van der Waals surface area contributed by atoms with Gasteiger partial charge in [0.05, 0.1) is 11.4 Å². The summed E-state index contributed by atoms with van der Waals surface area (Å²) in [5.74, 6) is 0. The fourth-order valence-corrected chi connectivity index (χ4v) is 8.69. The third-order valence-electron chi connectivity index (χ3n) is 11.0. The number of hydrogen-bond acceptors (Lipinski definition) is 1. The highest BCUT2D eigenvalue weighted by atomic mass is 15.2. The quantitative estimate of drug-likeness (QED) is 0.187. The van der Waals surface area contributed by atoms with Crippen LogP contribution in [0.4, 0.5) is 17.1 Å². The van der Waals surface area contributed by atoms with Crippen LogP contribution in [0.1, 0.15) is 49.9 Å². The molecule has 7 aromatic rings. The van der Waals surface area contributed by atoms with E-state index in [1.54, 1.807) is 0 Å². The van der Waals surface area contributed by atoms with Gasteiger partial charge in [-0.15, -0.1) is 0 Å². The average molecular weight is 630 g/mol. The Morgan fingerprint density at radius 1 is 0.367 bits per heavy atom. The van der Waals surface area contributed by atoms with Crippen molar-refractivity contribution in [3.63, 3.8) is 0 Å². The van der Waals surface area contributed by atoms with E-state index in [4.69, 9.17) is 0 Å². The summed E-state index contributed by atoms with van der Waals surface area (Å²) in [5, 5.41) is 0. The van der Waals surface area contributed by atoms with Crippen LogP contribution in [0.15, 0.2) is 164 Å². The van der Waals surface area contributed by atoms with E-state index in [1.165, 1.54) is 83.8 Å². The highest BCUT2D eigenvalue weighted by molar-refractivity contribution is 6.04. The van der Waals surface area contributed by atoms with E-state index in [2.05, 4.69) is 196 Å². The first-order chi connectivity index (χ1) is 23.9. The molecule has 0 bridgehead atoms. The predicted molar refractivity (Wildman–Crippen MR) is 207 cm³/mol. The van der Waals surface area contributed by atoms with Gasteiger partial charge in [0, 0.05) is 16.5 Å². The largest absolute Gasteiger partial charge is 0.310 e. The minimum Gasteiger partial charge on any atom is -0.310 e. The minimum atomic E-state index is -0.251. The summed E-state index contributed by atoms with van der Waals surface area (Å²) in [6.07, 6.45) is 0. The fraction of sp³-hybridized carbons (Fsp3) is 0.125. The third kappa shape index (κ3) is 4.39. The number of rotatable bonds is 4. The number of hydrogen-bond donors (Lipinski definition) is 0. The molecular weight excluding hydrogens is 591 g/mol. The molecule has 0 saturated carbocycles. The van der Waals surface area contributed by atoms with Gasteiger partial charge in [-0.1, -0.05) is 161 Å². The summed E-state index contributed by atoms with van der Waals surface area (Å²) in [5.41, 5.74) is 19.0. The van der Waals surface area contributed by atoms with E-state index >= 15 is 0 Å². The van der Waals surface area contributed by atoms with Crippen molar-refractivity contribution in [3.8, 4) is 44.5 Å². The van der Waals surface area contributed by atoms with Gasteiger partial charge in [0.25, 0.3) is 0 Å². The van der Waals surface area contributed by atoms with Gasteiger partial charge in [0.2, 0.25) is 0 Å². The molecule has 2 aliphatic rings. The van der Waals surface area contributed by atoms with Crippen molar-refractivity contribution in [2.45, 2.75) is 38.5 Å². The molecule has 7 aromatic carbocycles. The molecule has 0 radical (unpaired) electrons. The lowest BCUT2D eigenvalue weighted by Crippen LogP contribution is -2.30. The van der Waals surface area contributed by atoms with Crippen LogP contribution >= 0.6 is 0 Å². The van der Waals surface area contributed by atoms with Crippen LogP contribution < -0.4 is 4.90 Å². The van der Waals surface area contributed by atoms with Gasteiger partial charge < -0.3 is 4.90 Å². The molecule has 1 aliphatic carbocycles. The minimum absolute atomic E-state index is 0.0983. The molecule has 0 spiro atoms. The number of benzene rings is 7. The van der Waals surface area contributed by atoms with Crippen LogP contribution in [-0.2, 0) is 10.8 Å². The Morgan fingerprint density at radius 2 is 0.857 bits per heavy atom. The molecule has 1 aliphatic heterocycles. The Bertz CT molecular complexity index is 2320. The van der Waals surface area contributed by atoms with Crippen LogP contribution in [0.5, 0.6) is 0 Å². The Morgan fingerprint density at radius 3 is 1.43 bits per heavy atom. The summed E-state index contributed by atoms with van der Waals surface area (Å²) in [7, 11) is 0. The molecular formula is C48H39N. The second-order valence-corrected chi connectivity index (χ2v) is 14.5. The highest BCUT2D eigenvalue weighted by Crippen LogP contribution is 2.59. The van der Waals surface area contributed by atoms with Crippen molar-refractivity contribution in [1.29, 1.82) is 0 Å². The molecule has 1 heterocycles. The van der Waals surface area contributed by atoms with Crippen molar-refractivity contribution in [2.75, 3.05) is 4.90 Å². The smallest absolute Gasteiger partial charge is 0.0502 e. The van der Waals surface area contributed by atoms with E-state index in [1.807, 2.05) is 0 Å². The number of nitrogens with zero attached hydrogens (tertiary/aromatic N) is 1. The molecule has 1 nitrogen and oxygen atoms in total. The number of fused-ring (bicyclic) bond motifs is 5. The van der Waals surface area contributed by atoms with E-state index in [0.717, 1.165) is 0 Å². The second kappa shape index (κ2) is 10.9. The van der Waals surface area contributed by atoms with Crippen LogP contribution in [-0.4, -0.2) is 0 Å². The SMILES string of the molecule is CC1(C)c2ccccc2N(c2ccc3c(c2)C(C)(C)c2c(-c4ccccc4)cc(-c4ccccc4)c(-c4ccccc4)c2-3)c2ccccc21. The summed E-state index contributed by atoms with van der Waals surface area (Å²) in [4.78, 5) is 2.49. The average Bonchev–Trinajstić information content (AvgIpc) is 3.38. The Kier molecular flexibility index (Phi) is 6.58. The first-order valence-corrected chi connectivity index (χ1v) is 17.4. The van der Waals surface area contributed by atoms with Crippen LogP contribution in [0.2, 0.25) is 0 Å². The van der Waals surface area contributed by atoms with Crippen molar-refractivity contribution in [3.05, 3.63) is 186 Å². The molecule has 0 fully saturated rings. The molecule has 9 rings (SSSR count). The van der Waals surface area contributed by atoms with Crippen LogP contribution in [0.25, 0.3) is 44.5 Å². The predicted octanol–water partition coefficient (Wildman–Crippen LogP) is 13.1. The van der Waals surface area contributed by atoms with Crippen molar-refractivity contribution < 1.29 is 0 Å². The van der Waals surface area contributed by atoms with E-state index < -0.39 is 0 Å². The van der Waals surface area contributed by atoms with Gasteiger partial charge >= 0.3 is 0 Å². The van der Waals surface area contributed by atoms with E-state index in [-0.39, 0.29) is 10.8 Å².